The number of fused-ring (bicyclic) bond motifs is 1. The van der Waals surface area contributed by atoms with Gasteiger partial charge in [0.1, 0.15) is 6.04 Å². The van der Waals surface area contributed by atoms with Crippen molar-refractivity contribution >= 4 is 35.0 Å². The van der Waals surface area contributed by atoms with Gasteiger partial charge < -0.3 is 10.3 Å². The lowest BCUT2D eigenvalue weighted by Crippen LogP contribution is -2.50. The number of aryl methyl sites for hydroxylation is 1. The summed E-state index contributed by atoms with van der Waals surface area (Å²) < 4.78 is 41.1. The molecule has 0 bridgehead atoms. The number of hydrogen-bond acceptors (Lipinski definition) is 5. The topological polar surface area (TPSA) is 95.2 Å². The van der Waals surface area contributed by atoms with Gasteiger partial charge in [-0.3, -0.25) is 19.3 Å². The number of alkyl halides is 3. The molecule has 3 rings (SSSR count). The van der Waals surface area contributed by atoms with E-state index in [9.17, 15) is 27.6 Å². The zero-order valence-electron chi connectivity index (χ0n) is 16.0. The average molecular weight is 440 g/mol. The van der Waals surface area contributed by atoms with Crippen LogP contribution in [0, 0.1) is 0 Å². The number of anilines is 2. The Balaban J connectivity index is 1.90. The number of benzene rings is 1. The highest BCUT2D eigenvalue weighted by Gasteiger charge is 2.48. The highest BCUT2D eigenvalue weighted by Crippen LogP contribution is 2.38. The van der Waals surface area contributed by atoms with Crippen molar-refractivity contribution in [1.29, 1.82) is 0 Å². The summed E-state index contributed by atoms with van der Waals surface area (Å²) >= 11 is 0.841. The Morgan fingerprint density at radius 1 is 1.30 bits per heavy atom. The van der Waals surface area contributed by atoms with Crippen molar-refractivity contribution in [2.75, 3.05) is 16.0 Å². The largest absolute Gasteiger partial charge is 0.409 e. The van der Waals surface area contributed by atoms with Crippen molar-refractivity contribution in [3.8, 4) is 0 Å². The molecule has 11 heteroatoms. The smallest absolute Gasteiger partial charge is 0.324 e. The second kappa shape index (κ2) is 8.90. The molecule has 1 aromatic heterocycles. The van der Waals surface area contributed by atoms with Gasteiger partial charge in [-0.1, -0.05) is 37.2 Å². The molecule has 0 saturated carbocycles. The van der Waals surface area contributed by atoms with Gasteiger partial charge in [0.05, 0.1) is 23.5 Å². The van der Waals surface area contributed by atoms with Crippen molar-refractivity contribution in [1.82, 2.24) is 9.97 Å². The molecule has 1 atom stereocenters. The van der Waals surface area contributed by atoms with Gasteiger partial charge in [-0.2, -0.15) is 13.2 Å². The summed E-state index contributed by atoms with van der Waals surface area (Å²) in [4.78, 5) is 44.0. The van der Waals surface area contributed by atoms with Crippen molar-refractivity contribution in [2.45, 2.75) is 43.6 Å². The first kappa shape index (κ1) is 21.9. The fourth-order valence-electron chi connectivity index (χ4n) is 3.13. The number of nitrogens with one attached hydrogen (secondary N) is 2. The van der Waals surface area contributed by atoms with Gasteiger partial charge in [0.2, 0.25) is 11.8 Å². The maximum Gasteiger partial charge on any atom is 0.409 e. The molecule has 0 saturated heterocycles. The normalized spacial score (nSPS) is 16.6. The van der Waals surface area contributed by atoms with E-state index in [1.54, 1.807) is 6.07 Å². The van der Waals surface area contributed by atoms with E-state index >= 15 is 0 Å². The predicted octanol–water partition coefficient (Wildman–Crippen LogP) is 3.12. The zero-order valence-corrected chi connectivity index (χ0v) is 16.8. The maximum absolute atomic E-state index is 13.7. The van der Waals surface area contributed by atoms with Gasteiger partial charge in [0.25, 0.3) is 5.56 Å². The number of halogens is 3. The van der Waals surface area contributed by atoms with Crippen LogP contribution in [-0.2, 0) is 16.0 Å². The highest BCUT2D eigenvalue weighted by molar-refractivity contribution is 7.99. The second-order valence-corrected chi connectivity index (χ2v) is 7.64. The van der Waals surface area contributed by atoms with Crippen molar-refractivity contribution in [3.05, 3.63) is 46.4 Å². The molecule has 0 fully saturated rings. The average Bonchev–Trinajstić information content (AvgIpc) is 2.81. The number of carbonyl (C=O) groups excluding carboxylic acids is 2. The lowest BCUT2D eigenvalue weighted by atomic mass is 10.1. The van der Waals surface area contributed by atoms with Crippen LogP contribution in [0.25, 0.3) is 0 Å². The fraction of sp³-hybridized carbons (Fsp3) is 0.368. The van der Waals surface area contributed by atoms with Crippen LogP contribution in [0.4, 0.5) is 24.5 Å². The molecule has 2 heterocycles. The molecule has 30 heavy (non-hydrogen) atoms. The maximum atomic E-state index is 13.7. The molecule has 0 aliphatic carbocycles. The number of aromatic nitrogens is 2. The van der Waals surface area contributed by atoms with Crippen LogP contribution in [0.3, 0.4) is 0 Å². The molecule has 0 spiro atoms. The molecule has 1 unspecified atom stereocenters. The van der Waals surface area contributed by atoms with Gasteiger partial charge in [0, 0.05) is 11.8 Å². The molecular formula is C19H19F3N4O3S. The van der Waals surface area contributed by atoms with Gasteiger partial charge in [-0.15, -0.1) is 0 Å². The highest BCUT2D eigenvalue weighted by atomic mass is 32.2. The molecule has 1 aliphatic heterocycles. The van der Waals surface area contributed by atoms with Crippen LogP contribution in [0.15, 0.2) is 40.3 Å². The van der Waals surface area contributed by atoms with E-state index in [1.807, 2.05) is 6.92 Å². The summed E-state index contributed by atoms with van der Waals surface area (Å²) in [7, 11) is 0. The molecule has 1 aromatic carbocycles. The standard InChI is InChI=1S/C19H19F3N4O3S/c1-2-5-11-8-15(27)25-18(23-11)30-10-17(29)26-13-7-4-3-6-12(13)24-16(28)9-14(26)19(20,21)22/h3-4,6-8,14H,2,5,9-10H2,1H3,(H,24,28)(H,23,25,27). The summed E-state index contributed by atoms with van der Waals surface area (Å²) in [6.07, 6.45) is -4.38. The third-order valence-electron chi connectivity index (χ3n) is 4.39. The minimum Gasteiger partial charge on any atom is -0.324 e. The van der Waals surface area contributed by atoms with Gasteiger partial charge in [0.15, 0.2) is 5.16 Å². The number of H-pyrrole nitrogens is 1. The Morgan fingerprint density at radius 3 is 2.73 bits per heavy atom. The third kappa shape index (κ3) is 5.02. The first-order chi connectivity index (χ1) is 14.2. The monoisotopic (exact) mass is 440 g/mol. The van der Waals surface area contributed by atoms with Crippen LogP contribution < -0.4 is 15.8 Å². The summed E-state index contributed by atoms with van der Waals surface area (Å²) in [6.45, 7) is 1.92. The first-order valence-corrected chi connectivity index (χ1v) is 10.2. The van der Waals surface area contributed by atoms with E-state index in [0.29, 0.717) is 17.0 Å². The number of aromatic amines is 1. The molecule has 2 aromatic rings. The molecule has 7 nitrogen and oxygen atoms in total. The fourth-order valence-corrected chi connectivity index (χ4v) is 3.89. The molecule has 2 amide bonds. The van der Waals surface area contributed by atoms with Crippen molar-refractivity contribution in [2.24, 2.45) is 0 Å². The van der Waals surface area contributed by atoms with Crippen LogP contribution in [-0.4, -0.2) is 39.8 Å². The van der Waals surface area contributed by atoms with Gasteiger partial charge >= 0.3 is 6.18 Å². The molecule has 1 aliphatic rings. The third-order valence-corrected chi connectivity index (χ3v) is 5.24. The molecule has 2 N–H and O–H groups in total. The van der Waals surface area contributed by atoms with Crippen LogP contribution in [0.1, 0.15) is 25.5 Å². The van der Waals surface area contributed by atoms with Crippen LogP contribution in [0.2, 0.25) is 0 Å². The molecular weight excluding hydrogens is 421 g/mol. The van der Waals surface area contributed by atoms with E-state index < -0.39 is 41.8 Å². The Hall–Kier alpha value is -2.82. The number of carbonyl (C=O) groups is 2. The van der Waals surface area contributed by atoms with Crippen molar-refractivity contribution in [3.63, 3.8) is 0 Å². The quantitative estimate of drug-likeness (QED) is 0.550. The molecule has 160 valence electrons. The lowest BCUT2D eigenvalue weighted by Gasteiger charge is -2.31. The number of thioether (sulfide) groups is 1. The summed E-state index contributed by atoms with van der Waals surface area (Å²) in [5.74, 6) is -2.08. The minimum absolute atomic E-state index is 0.0301. The van der Waals surface area contributed by atoms with E-state index in [1.165, 1.54) is 24.3 Å². The summed E-state index contributed by atoms with van der Waals surface area (Å²) in [5.41, 5.74) is 0.243. The Labute approximate surface area is 174 Å². The number of rotatable bonds is 5. The van der Waals surface area contributed by atoms with E-state index in [4.69, 9.17) is 0 Å². The zero-order chi connectivity index (χ0) is 21.9. The van der Waals surface area contributed by atoms with Gasteiger partial charge in [-0.25, -0.2) is 4.98 Å². The van der Waals surface area contributed by atoms with Crippen molar-refractivity contribution < 1.29 is 22.8 Å². The predicted molar refractivity (Wildman–Crippen MR) is 107 cm³/mol. The first-order valence-electron chi connectivity index (χ1n) is 9.19. The number of nitrogens with zero attached hydrogens (tertiary/aromatic N) is 2. The van der Waals surface area contributed by atoms with Gasteiger partial charge in [-0.05, 0) is 18.6 Å². The number of amides is 2. The van der Waals surface area contributed by atoms with E-state index in [0.717, 1.165) is 18.2 Å². The summed E-state index contributed by atoms with van der Waals surface area (Å²) in [5, 5.41) is 2.57. The van der Waals surface area contributed by atoms with Crippen LogP contribution >= 0.6 is 11.8 Å². The Morgan fingerprint density at radius 2 is 2.03 bits per heavy atom. The molecule has 0 radical (unpaired) electrons. The number of hydrogen-bond donors (Lipinski definition) is 2. The lowest BCUT2D eigenvalue weighted by molar-refractivity contribution is -0.157. The summed E-state index contributed by atoms with van der Waals surface area (Å²) in [6, 6.07) is 4.88. The Kier molecular flexibility index (Phi) is 6.49. The van der Waals surface area contributed by atoms with E-state index in [2.05, 4.69) is 15.3 Å². The SMILES string of the molecule is CCCc1cc(=O)[nH]c(SCC(=O)N2c3ccccc3NC(=O)CC2C(F)(F)F)n1. The number of para-hydroxylation sites is 2. The van der Waals surface area contributed by atoms with E-state index in [-0.39, 0.29) is 16.5 Å². The Bertz CT molecular complexity index is 1010. The minimum atomic E-state index is -4.80. The van der Waals surface area contributed by atoms with Crippen LogP contribution in [0.5, 0.6) is 0 Å². The second-order valence-electron chi connectivity index (χ2n) is 6.67.